The number of nitrogens with zero attached hydrogens (tertiary/aromatic N) is 2. The van der Waals surface area contributed by atoms with Crippen molar-refractivity contribution in [1.29, 1.82) is 0 Å². The number of likely N-dealkylation sites (tertiary alicyclic amines) is 1. The maximum absolute atomic E-state index is 12.6. The largest absolute Gasteiger partial charge is 0.342 e. The van der Waals surface area contributed by atoms with Crippen molar-refractivity contribution in [3.8, 4) is 0 Å². The van der Waals surface area contributed by atoms with Crippen molar-refractivity contribution in [2.75, 3.05) is 13.1 Å². The first-order chi connectivity index (χ1) is 10.6. The van der Waals surface area contributed by atoms with Gasteiger partial charge in [0.25, 0.3) is 0 Å². The van der Waals surface area contributed by atoms with Crippen molar-refractivity contribution >= 4 is 5.91 Å². The van der Waals surface area contributed by atoms with E-state index in [4.69, 9.17) is 0 Å². The second-order valence-electron chi connectivity index (χ2n) is 6.27. The molecule has 1 atom stereocenters. The summed E-state index contributed by atoms with van der Waals surface area (Å²) in [6.45, 7) is 7.76. The summed E-state index contributed by atoms with van der Waals surface area (Å²) in [5, 5.41) is 7.13. The van der Waals surface area contributed by atoms with Crippen molar-refractivity contribution in [3.63, 3.8) is 0 Å². The first-order valence-electron chi connectivity index (χ1n) is 7.90. The smallest absolute Gasteiger partial charge is 0.227 e. The minimum Gasteiger partial charge on any atom is -0.342 e. The molecule has 22 heavy (non-hydrogen) atoms. The SMILES string of the molecule is Cc1ccccc1C1CCN(C(=O)Cc2c(C)n[nH]c2C)C1. The Morgan fingerprint density at radius 3 is 2.77 bits per heavy atom. The van der Waals surface area contributed by atoms with Crippen molar-refractivity contribution in [1.82, 2.24) is 15.1 Å². The Bertz CT molecular complexity index is 670. The van der Waals surface area contributed by atoms with E-state index in [1.165, 1.54) is 11.1 Å². The van der Waals surface area contributed by atoms with Crippen LogP contribution in [0.3, 0.4) is 0 Å². The lowest BCUT2D eigenvalue weighted by Crippen LogP contribution is -2.30. The van der Waals surface area contributed by atoms with Gasteiger partial charge in [0.15, 0.2) is 0 Å². The first-order valence-corrected chi connectivity index (χ1v) is 7.90. The molecule has 1 unspecified atom stereocenters. The number of carbonyl (C=O) groups excluding carboxylic acids is 1. The summed E-state index contributed by atoms with van der Waals surface area (Å²) in [7, 11) is 0. The predicted molar refractivity (Wildman–Crippen MR) is 86.9 cm³/mol. The summed E-state index contributed by atoms with van der Waals surface area (Å²) in [5.74, 6) is 0.681. The van der Waals surface area contributed by atoms with Gasteiger partial charge in [-0.3, -0.25) is 9.89 Å². The molecule has 1 N–H and O–H groups in total. The second kappa shape index (κ2) is 5.95. The monoisotopic (exact) mass is 297 g/mol. The lowest BCUT2D eigenvalue weighted by Gasteiger charge is -2.17. The highest BCUT2D eigenvalue weighted by Gasteiger charge is 2.28. The molecule has 1 amide bonds. The molecule has 116 valence electrons. The third-order valence-corrected chi connectivity index (χ3v) is 4.78. The number of H-pyrrole nitrogens is 1. The van der Waals surface area contributed by atoms with Gasteiger partial charge in [-0.1, -0.05) is 24.3 Å². The molecular formula is C18H23N3O. The fourth-order valence-corrected chi connectivity index (χ4v) is 3.38. The lowest BCUT2D eigenvalue weighted by atomic mass is 9.94. The maximum atomic E-state index is 12.6. The normalized spacial score (nSPS) is 18.0. The number of aromatic nitrogens is 2. The molecule has 4 heteroatoms. The third kappa shape index (κ3) is 2.78. The van der Waals surface area contributed by atoms with E-state index in [2.05, 4.69) is 41.4 Å². The van der Waals surface area contributed by atoms with E-state index in [-0.39, 0.29) is 5.91 Å². The Morgan fingerprint density at radius 2 is 2.09 bits per heavy atom. The molecule has 0 aliphatic carbocycles. The van der Waals surface area contributed by atoms with Gasteiger partial charge in [-0.15, -0.1) is 0 Å². The van der Waals surface area contributed by atoms with Crippen molar-refractivity contribution in [2.45, 2.75) is 39.5 Å². The molecule has 1 fully saturated rings. The molecule has 1 aliphatic rings. The van der Waals surface area contributed by atoms with Gasteiger partial charge in [0.1, 0.15) is 0 Å². The van der Waals surface area contributed by atoms with Crippen LogP contribution in [0.5, 0.6) is 0 Å². The zero-order valence-electron chi connectivity index (χ0n) is 13.5. The van der Waals surface area contributed by atoms with Crippen LogP contribution in [0.1, 0.15) is 40.4 Å². The van der Waals surface area contributed by atoms with Gasteiger partial charge in [0, 0.05) is 30.3 Å². The van der Waals surface area contributed by atoms with E-state index >= 15 is 0 Å². The average Bonchev–Trinajstić information content (AvgIpc) is 3.10. The number of rotatable bonds is 3. The summed E-state index contributed by atoms with van der Waals surface area (Å²) in [4.78, 5) is 14.6. The number of hydrogen-bond donors (Lipinski definition) is 1. The molecule has 1 aromatic heterocycles. The number of aromatic amines is 1. The van der Waals surface area contributed by atoms with Gasteiger partial charge in [-0.25, -0.2) is 0 Å². The van der Waals surface area contributed by atoms with Crippen LogP contribution in [0.2, 0.25) is 0 Å². The fourth-order valence-electron chi connectivity index (χ4n) is 3.38. The van der Waals surface area contributed by atoms with Crippen molar-refractivity contribution in [2.24, 2.45) is 0 Å². The van der Waals surface area contributed by atoms with E-state index < -0.39 is 0 Å². The summed E-state index contributed by atoms with van der Waals surface area (Å²) in [6.07, 6.45) is 1.51. The van der Waals surface area contributed by atoms with Crippen molar-refractivity contribution in [3.05, 3.63) is 52.3 Å². The van der Waals surface area contributed by atoms with Gasteiger partial charge in [-0.05, 0) is 38.3 Å². The Morgan fingerprint density at radius 1 is 1.32 bits per heavy atom. The molecule has 0 spiro atoms. The third-order valence-electron chi connectivity index (χ3n) is 4.78. The highest BCUT2D eigenvalue weighted by atomic mass is 16.2. The average molecular weight is 297 g/mol. The molecule has 2 heterocycles. The van der Waals surface area contributed by atoms with Crippen LogP contribution in [-0.2, 0) is 11.2 Å². The van der Waals surface area contributed by atoms with Gasteiger partial charge < -0.3 is 4.90 Å². The van der Waals surface area contributed by atoms with Crippen LogP contribution in [0, 0.1) is 20.8 Å². The van der Waals surface area contributed by atoms with Gasteiger partial charge >= 0.3 is 0 Å². The van der Waals surface area contributed by atoms with Gasteiger partial charge in [-0.2, -0.15) is 5.10 Å². The molecule has 0 saturated carbocycles. The Balaban J connectivity index is 1.68. The topological polar surface area (TPSA) is 49.0 Å². The Hall–Kier alpha value is -2.10. The van der Waals surface area contributed by atoms with Crippen LogP contribution in [0.4, 0.5) is 0 Å². The van der Waals surface area contributed by atoms with E-state index in [9.17, 15) is 4.79 Å². The zero-order valence-corrected chi connectivity index (χ0v) is 13.5. The summed E-state index contributed by atoms with van der Waals surface area (Å²) >= 11 is 0. The Labute approximate surface area is 131 Å². The summed E-state index contributed by atoms with van der Waals surface area (Å²) in [6, 6.07) is 8.50. The predicted octanol–water partition coefficient (Wildman–Crippen LogP) is 2.89. The molecule has 1 saturated heterocycles. The maximum Gasteiger partial charge on any atom is 0.227 e. The van der Waals surface area contributed by atoms with Crippen LogP contribution < -0.4 is 0 Å². The number of benzene rings is 1. The molecule has 3 rings (SSSR count). The standard InChI is InChI=1S/C18H23N3O/c1-12-6-4-5-7-16(12)15-8-9-21(11-15)18(22)10-17-13(2)19-20-14(17)3/h4-7,15H,8-11H2,1-3H3,(H,19,20). The van der Waals surface area contributed by atoms with Crippen molar-refractivity contribution < 1.29 is 4.79 Å². The minimum atomic E-state index is 0.212. The Kier molecular flexibility index (Phi) is 4.01. The first kappa shape index (κ1) is 14.8. The number of nitrogens with one attached hydrogen (secondary N) is 1. The van der Waals surface area contributed by atoms with E-state index in [0.29, 0.717) is 12.3 Å². The summed E-state index contributed by atoms with van der Waals surface area (Å²) in [5.41, 5.74) is 5.68. The second-order valence-corrected chi connectivity index (χ2v) is 6.27. The number of amides is 1. The van der Waals surface area contributed by atoms with Crippen LogP contribution in [0.15, 0.2) is 24.3 Å². The van der Waals surface area contributed by atoms with Crippen LogP contribution in [0.25, 0.3) is 0 Å². The number of carbonyl (C=O) groups is 1. The molecule has 4 nitrogen and oxygen atoms in total. The molecular weight excluding hydrogens is 274 g/mol. The molecule has 0 bridgehead atoms. The minimum absolute atomic E-state index is 0.212. The molecule has 0 radical (unpaired) electrons. The highest BCUT2D eigenvalue weighted by Crippen LogP contribution is 2.29. The van der Waals surface area contributed by atoms with Crippen LogP contribution in [-0.4, -0.2) is 34.1 Å². The van der Waals surface area contributed by atoms with Gasteiger partial charge in [0.05, 0.1) is 12.1 Å². The van der Waals surface area contributed by atoms with E-state index in [1.807, 2.05) is 18.7 Å². The van der Waals surface area contributed by atoms with E-state index in [0.717, 1.165) is 36.5 Å². The fraction of sp³-hybridized carbons (Fsp3) is 0.444. The highest BCUT2D eigenvalue weighted by molar-refractivity contribution is 5.79. The molecule has 1 aliphatic heterocycles. The lowest BCUT2D eigenvalue weighted by molar-refractivity contribution is -0.129. The quantitative estimate of drug-likeness (QED) is 0.947. The number of hydrogen-bond acceptors (Lipinski definition) is 2. The summed E-state index contributed by atoms with van der Waals surface area (Å²) < 4.78 is 0. The van der Waals surface area contributed by atoms with E-state index in [1.54, 1.807) is 0 Å². The van der Waals surface area contributed by atoms with Gasteiger partial charge in [0.2, 0.25) is 5.91 Å². The molecule has 1 aromatic carbocycles. The molecule has 2 aromatic rings. The zero-order chi connectivity index (χ0) is 15.7. The number of aryl methyl sites for hydroxylation is 3. The van der Waals surface area contributed by atoms with Crippen LogP contribution >= 0.6 is 0 Å².